The monoisotopic (exact) mass is 416 g/mol. The first-order chi connectivity index (χ1) is 15.1. The lowest BCUT2D eigenvalue weighted by atomic mass is 10.0. The third kappa shape index (κ3) is 2.75. The summed E-state index contributed by atoms with van der Waals surface area (Å²) < 4.78 is 24.7. The summed E-state index contributed by atoms with van der Waals surface area (Å²) in [6, 6.07) is 9.94. The number of H-pyrrole nitrogens is 1. The van der Waals surface area contributed by atoms with Crippen LogP contribution in [0.15, 0.2) is 51.6 Å². The van der Waals surface area contributed by atoms with Gasteiger partial charge in [-0.25, -0.2) is 9.37 Å². The predicted octanol–water partition coefficient (Wildman–Crippen LogP) is 4.61. The quantitative estimate of drug-likeness (QED) is 0.454. The summed E-state index contributed by atoms with van der Waals surface area (Å²) in [5.41, 5.74) is 4.73. The van der Waals surface area contributed by atoms with Crippen LogP contribution >= 0.6 is 0 Å². The number of carbonyl (C=O) groups is 1. The molecule has 5 aromatic rings. The highest BCUT2D eigenvalue weighted by Gasteiger charge is 2.28. The fourth-order valence-electron chi connectivity index (χ4n) is 4.34. The number of aromatic nitrogens is 3. The van der Waals surface area contributed by atoms with Gasteiger partial charge in [-0.15, -0.1) is 0 Å². The molecule has 0 aliphatic carbocycles. The molecule has 5 heterocycles. The molecule has 0 saturated heterocycles. The predicted molar refractivity (Wildman–Crippen MR) is 111 cm³/mol. The number of pyridine rings is 1. The van der Waals surface area contributed by atoms with Crippen LogP contribution in [0.25, 0.3) is 33.5 Å². The zero-order valence-electron chi connectivity index (χ0n) is 16.6. The molecule has 1 N–H and O–H groups in total. The molecular weight excluding hydrogens is 399 g/mol. The Balaban J connectivity index is 1.44. The first kappa shape index (κ1) is 17.9. The van der Waals surface area contributed by atoms with Crippen LogP contribution in [0.5, 0.6) is 0 Å². The molecule has 0 spiro atoms. The second-order valence-corrected chi connectivity index (χ2v) is 7.73. The third-order valence-corrected chi connectivity index (χ3v) is 5.85. The van der Waals surface area contributed by atoms with Gasteiger partial charge in [-0.05, 0) is 43.3 Å². The van der Waals surface area contributed by atoms with Crippen molar-refractivity contribution in [1.29, 1.82) is 0 Å². The van der Waals surface area contributed by atoms with Gasteiger partial charge in [0.15, 0.2) is 5.76 Å². The Morgan fingerprint density at radius 1 is 1.26 bits per heavy atom. The zero-order chi connectivity index (χ0) is 21.1. The Kier molecular flexibility index (Phi) is 3.77. The van der Waals surface area contributed by atoms with Gasteiger partial charge in [-0.2, -0.15) is 0 Å². The molecule has 1 aliphatic heterocycles. The minimum atomic E-state index is -0.295. The molecule has 0 radical (unpaired) electrons. The van der Waals surface area contributed by atoms with Crippen molar-refractivity contribution in [3.63, 3.8) is 0 Å². The van der Waals surface area contributed by atoms with Crippen LogP contribution < -0.4 is 0 Å². The highest BCUT2D eigenvalue weighted by Crippen LogP contribution is 2.32. The molecule has 7 nitrogen and oxygen atoms in total. The van der Waals surface area contributed by atoms with Crippen LogP contribution in [-0.4, -0.2) is 32.5 Å². The van der Waals surface area contributed by atoms with E-state index in [0.717, 1.165) is 22.2 Å². The number of aromatic amines is 1. The lowest BCUT2D eigenvalue weighted by molar-refractivity contribution is 0.0737. The number of hydrogen-bond donors (Lipinski definition) is 1. The Labute approximate surface area is 175 Å². The maximum absolute atomic E-state index is 13.8. The molecule has 8 heteroatoms. The fraction of sp³-hybridized carbons (Fsp3) is 0.174. The molecule has 1 amide bonds. The molecule has 6 rings (SSSR count). The van der Waals surface area contributed by atoms with Crippen LogP contribution in [0.1, 0.15) is 27.3 Å². The van der Waals surface area contributed by atoms with Crippen molar-refractivity contribution in [2.45, 2.75) is 19.9 Å². The van der Waals surface area contributed by atoms with Gasteiger partial charge >= 0.3 is 0 Å². The molecule has 31 heavy (non-hydrogen) atoms. The summed E-state index contributed by atoms with van der Waals surface area (Å²) in [6.07, 6.45) is 2.22. The second-order valence-electron chi connectivity index (χ2n) is 7.73. The summed E-state index contributed by atoms with van der Waals surface area (Å²) in [5, 5.41) is 5.40. The number of hydrogen-bond acceptors (Lipinski definition) is 5. The highest BCUT2D eigenvalue weighted by molar-refractivity contribution is 6.07. The molecule has 0 saturated carbocycles. The van der Waals surface area contributed by atoms with Gasteiger partial charge < -0.3 is 18.8 Å². The summed E-state index contributed by atoms with van der Waals surface area (Å²) >= 11 is 0. The van der Waals surface area contributed by atoms with E-state index < -0.39 is 0 Å². The number of fused-ring (bicyclic) bond motifs is 4. The van der Waals surface area contributed by atoms with Gasteiger partial charge in [-0.1, -0.05) is 5.16 Å². The van der Waals surface area contributed by atoms with E-state index in [1.165, 1.54) is 12.1 Å². The highest BCUT2D eigenvalue weighted by atomic mass is 19.1. The Bertz CT molecular complexity index is 1470. The van der Waals surface area contributed by atoms with Crippen LogP contribution in [0, 0.1) is 12.7 Å². The van der Waals surface area contributed by atoms with E-state index in [2.05, 4.69) is 15.1 Å². The molecule has 0 bridgehead atoms. The average molecular weight is 416 g/mol. The van der Waals surface area contributed by atoms with Crippen LogP contribution in [0.2, 0.25) is 0 Å². The number of benzene rings is 1. The zero-order valence-corrected chi connectivity index (χ0v) is 16.6. The lowest BCUT2D eigenvalue weighted by Crippen LogP contribution is -2.36. The Morgan fingerprint density at radius 2 is 2.16 bits per heavy atom. The van der Waals surface area contributed by atoms with Crippen molar-refractivity contribution in [3.05, 3.63) is 71.0 Å². The molecule has 1 aliphatic rings. The van der Waals surface area contributed by atoms with Crippen molar-refractivity contribution in [3.8, 4) is 11.5 Å². The van der Waals surface area contributed by atoms with E-state index in [1.54, 1.807) is 42.4 Å². The van der Waals surface area contributed by atoms with Crippen LogP contribution in [0.4, 0.5) is 4.39 Å². The number of furan rings is 1. The van der Waals surface area contributed by atoms with E-state index in [4.69, 9.17) is 8.94 Å². The third-order valence-electron chi connectivity index (χ3n) is 5.85. The fourth-order valence-corrected chi connectivity index (χ4v) is 4.34. The maximum Gasteiger partial charge on any atom is 0.259 e. The van der Waals surface area contributed by atoms with Crippen LogP contribution in [0.3, 0.4) is 0 Å². The average Bonchev–Trinajstić information content (AvgIpc) is 3.51. The van der Waals surface area contributed by atoms with Gasteiger partial charge in [0, 0.05) is 41.7 Å². The Morgan fingerprint density at radius 3 is 3.00 bits per heavy atom. The number of carbonyl (C=O) groups excluding carboxylic acids is 1. The van der Waals surface area contributed by atoms with E-state index in [0.29, 0.717) is 53.3 Å². The van der Waals surface area contributed by atoms with Crippen LogP contribution in [-0.2, 0) is 13.0 Å². The van der Waals surface area contributed by atoms with Crippen molar-refractivity contribution < 1.29 is 18.1 Å². The number of halogens is 1. The minimum absolute atomic E-state index is 0.150. The van der Waals surface area contributed by atoms with Crippen molar-refractivity contribution in [2.75, 3.05) is 6.54 Å². The van der Waals surface area contributed by atoms with Gasteiger partial charge in [0.25, 0.3) is 11.6 Å². The number of nitrogens with zero attached hydrogens (tertiary/aromatic N) is 3. The molecule has 0 fully saturated rings. The summed E-state index contributed by atoms with van der Waals surface area (Å²) in [6.45, 7) is 2.72. The van der Waals surface area contributed by atoms with Crippen molar-refractivity contribution in [1.82, 2.24) is 20.0 Å². The first-order valence-corrected chi connectivity index (χ1v) is 9.97. The van der Waals surface area contributed by atoms with Crippen molar-refractivity contribution >= 4 is 27.9 Å². The number of rotatable bonds is 2. The molecule has 1 aromatic carbocycles. The van der Waals surface area contributed by atoms with Gasteiger partial charge in [0.2, 0.25) is 0 Å². The number of amides is 1. The smallest absolute Gasteiger partial charge is 0.259 e. The first-order valence-electron chi connectivity index (χ1n) is 9.97. The maximum atomic E-state index is 13.8. The summed E-state index contributed by atoms with van der Waals surface area (Å²) in [4.78, 5) is 23.2. The van der Waals surface area contributed by atoms with E-state index in [-0.39, 0.29) is 11.7 Å². The van der Waals surface area contributed by atoms with Gasteiger partial charge in [0.05, 0.1) is 22.9 Å². The second kappa shape index (κ2) is 6.53. The normalized spacial score (nSPS) is 13.8. The van der Waals surface area contributed by atoms with E-state index in [9.17, 15) is 9.18 Å². The van der Waals surface area contributed by atoms with Gasteiger partial charge in [-0.3, -0.25) is 4.79 Å². The summed E-state index contributed by atoms with van der Waals surface area (Å²) in [5.74, 6) is 0.0951. The SMILES string of the molecule is Cc1noc2nc(-c3ccco3)cc(C(=O)N3CCc4[nH]c5ccc(F)cc5c4C3)c12. The Hall–Kier alpha value is -3.94. The molecule has 4 aromatic heterocycles. The lowest BCUT2D eigenvalue weighted by Gasteiger charge is -2.27. The summed E-state index contributed by atoms with van der Waals surface area (Å²) in [7, 11) is 0. The topological polar surface area (TPSA) is 88.2 Å². The largest absolute Gasteiger partial charge is 0.463 e. The molecule has 0 unspecified atom stereocenters. The van der Waals surface area contributed by atoms with Crippen molar-refractivity contribution in [2.24, 2.45) is 0 Å². The molecule has 154 valence electrons. The molecular formula is C23H17FN4O3. The minimum Gasteiger partial charge on any atom is -0.463 e. The number of aryl methyl sites for hydroxylation is 1. The van der Waals surface area contributed by atoms with Gasteiger partial charge in [0.1, 0.15) is 11.5 Å². The molecule has 0 atom stereocenters. The standard InChI is InChI=1S/C23H17FN4O3/c1-12-21-15(10-19(20-3-2-8-30-20)26-22(21)31-27-12)23(29)28-7-6-18-16(11-28)14-9-13(24)4-5-17(14)25-18/h2-5,8-10,25H,6-7,11H2,1H3. The van der Waals surface area contributed by atoms with E-state index >= 15 is 0 Å². The van der Waals surface area contributed by atoms with E-state index in [1.807, 2.05) is 0 Å². The number of nitrogens with one attached hydrogen (secondary N) is 1.